The number of hydrogen-bond acceptors (Lipinski definition) is 6. The predicted molar refractivity (Wildman–Crippen MR) is 127 cm³/mol. The number of nitrogens with zero attached hydrogens (tertiary/aromatic N) is 6. The predicted octanol–water partition coefficient (Wildman–Crippen LogP) is 4.73. The van der Waals surface area contributed by atoms with E-state index in [2.05, 4.69) is 73.1 Å². The lowest BCUT2D eigenvalue weighted by molar-refractivity contribution is 0.486. The Bertz CT molecular complexity index is 1260. The summed E-state index contributed by atoms with van der Waals surface area (Å²) in [5.74, 6) is 0.212. The van der Waals surface area contributed by atoms with Crippen molar-refractivity contribution in [2.24, 2.45) is 0 Å². The highest BCUT2D eigenvalue weighted by Gasteiger charge is 2.20. The number of hydrogen-bond donors (Lipinski definition) is 1. The van der Waals surface area contributed by atoms with Crippen molar-refractivity contribution in [2.45, 2.75) is 53.0 Å². The smallest absolute Gasteiger partial charge is 0.221 e. The summed E-state index contributed by atoms with van der Waals surface area (Å²) in [6, 6.07) is 14.2. The van der Waals surface area contributed by atoms with Crippen molar-refractivity contribution in [3.63, 3.8) is 0 Å². The molecule has 3 heterocycles. The molecule has 0 spiro atoms. The van der Waals surface area contributed by atoms with Crippen molar-refractivity contribution < 1.29 is 0 Å². The third-order valence-electron chi connectivity index (χ3n) is 6.13. The summed E-state index contributed by atoms with van der Waals surface area (Å²) in [7, 11) is 0. The summed E-state index contributed by atoms with van der Waals surface area (Å²) in [5, 5.41) is 8.61. The van der Waals surface area contributed by atoms with Gasteiger partial charge in [0.1, 0.15) is 5.69 Å². The highest BCUT2D eigenvalue weighted by atomic mass is 15.4. The van der Waals surface area contributed by atoms with Crippen LogP contribution in [0.5, 0.6) is 0 Å². The molecule has 0 saturated heterocycles. The summed E-state index contributed by atoms with van der Waals surface area (Å²) in [5.41, 5.74) is 13.6. The Morgan fingerprint density at radius 3 is 2.47 bits per heavy atom. The molecule has 1 aromatic carbocycles. The van der Waals surface area contributed by atoms with Crippen LogP contribution < -0.4 is 5.73 Å². The molecule has 0 saturated carbocycles. The molecule has 0 aliphatic heterocycles. The summed E-state index contributed by atoms with van der Waals surface area (Å²) in [6.07, 6.45) is 2.89. The van der Waals surface area contributed by atoms with Gasteiger partial charge in [0.15, 0.2) is 0 Å². The first-order valence-electron chi connectivity index (χ1n) is 10.8. The van der Waals surface area contributed by atoms with Crippen LogP contribution in [0.15, 0.2) is 48.7 Å². The Kier molecular flexibility index (Phi) is 5.74. The molecule has 7 nitrogen and oxygen atoms in total. The molecule has 0 fully saturated rings. The van der Waals surface area contributed by atoms with E-state index < -0.39 is 0 Å². The Hall–Kier alpha value is -3.61. The SMILES string of the molecule is CCC(C)(C)c1cccc(Cn2cc(-c3cc(-c4cccc(C)c4C)nc(N)n3)nn2)n1. The molecule has 4 aromatic rings. The van der Waals surface area contributed by atoms with Gasteiger partial charge in [0, 0.05) is 16.7 Å². The van der Waals surface area contributed by atoms with Crippen LogP contribution in [0.25, 0.3) is 22.6 Å². The zero-order valence-electron chi connectivity index (χ0n) is 19.3. The average molecular weight is 428 g/mol. The van der Waals surface area contributed by atoms with E-state index in [1.54, 1.807) is 4.68 Å². The molecule has 32 heavy (non-hydrogen) atoms. The monoisotopic (exact) mass is 427 g/mol. The number of nitrogen functional groups attached to an aromatic ring is 1. The maximum absolute atomic E-state index is 6.04. The van der Waals surface area contributed by atoms with Crippen LogP contribution in [0.2, 0.25) is 0 Å². The highest BCUT2D eigenvalue weighted by Crippen LogP contribution is 2.28. The minimum absolute atomic E-state index is 0.0341. The quantitative estimate of drug-likeness (QED) is 0.478. The highest BCUT2D eigenvalue weighted by molar-refractivity contribution is 5.70. The third kappa shape index (κ3) is 4.37. The number of nitrogens with two attached hydrogens (primary N) is 1. The first kappa shape index (κ1) is 21.6. The first-order chi connectivity index (χ1) is 15.3. The minimum Gasteiger partial charge on any atom is -0.368 e. The molecule has 0 bridgehead atoms. The lowest BCUT2D eigenvalue weighted by atomic mass is 9.86. The van der Waals surface area contributed by atoms with Crippen molar-refractivity contribution in [1.82, 2.24) is 29.9 Å². The van der Waals surface area contributed by atoms with Gasteiger partial charge in [0.2, 0.25) is 5.95 Å². The summed E-state index contributed by atoms with van der Waals surface area (Å²) in [6.45, 7) is 11.3. The molecule has 4 rings (SSSR count). The van der Waals surface area contributed by atoms with Crippen LogP contribution in [-0.4, -0.2) is 29.9 Å². The summed E-state index contributed by atoms with van der Waals surface area (Å²) < 4.78 is 1.77. The molecule has 0 atom stereocenters. The van der Waals surface area contributed by atoms with Gasteiger partial charge in [-0.1, -0.05) is 50.3 Å². The molecule has 0 unspecified atom stereocenters. The zero-order valence-corrected chi connectivity index (χ0v) is 19.3. The Morgan fingerprint density at radius 1 is 0.938 bits per heavy atom. The van der Waals surface area contributed by atoms with Crippen LogP contribution in [0.4, 0.5) is 5.95 Å². The number of pyridine rings is 1. The molecular formula is C25H29N7. The fourth-order valence-electron chi connectivity index (χ4n) is 3.55. The second kappa shape index (κ2) is 8.49. The van der Waals surface area contributed by atoms with E-state index in [0.717, 1.165) is 29.1 Å². The van der Waals surface area contributed by atoms with Gasteiger partial charge in [-0.05, 0) is 49.6 Å². The summed E-state index contributed by atoms with van der Waals surface area (Å²) >= 11 is 0. The number of anilines is 1. The topological polar surface area (TPSA) is 95.4 Å². The normalized spacial score (nSPS) is 11.7. The van der Waals surface area contributed by atoms with E-state index in [0.29, 0.717) is 17.9 Å². The molecule has 2 N–H and O–H groups in total. The van der Waals surface area contributed by atoms with Gasteiger partial charge in [-0.15, -0.1) is 5.10 Å². The minimum atomic E-state index is 0.0341. The standard InChI is InChI=1S/C25H29N7/c1-6-25(4,5)23-12-8-10-18(27-23)14-32-15-22(30-31-32)21-13-20(28-24(26)29-21)19-11-7-9-16(2)17(19)3/h7-13,15H,6,14H2,1-5H3,(H2,26,28,29). The molecule has 0 aliphatic carbocycles. The Labute approximate surface area is 188 Å². The first-order valence-corrected chi connectivity index (χ1v) is 10.8. The lowest BCUT2D eigenvalue weighted by Gasteiger charge is -2.22. The lowest BCUT2D eigenvalue weighted by Crippen LogP contribution is -2.18. The maximum atomic E-state index is 6.04. The number of rotatable bonds is 6. The van der Waals surface area contributed by atoms with Gasteiger partial charge >= 0.3 is 0 Å². The van der Waals surface area contributed by atoms with Gasteiger partial charge in [-0.2, -0.15) is 0 Å². The number of aryl methyl sites for hydroxylation is 1. The van der Waals surface area contributed by atoms with Gasteiger partial charge in [-0.25, -0.2) is 14.6 Å². The third-order valence-corrected chi connectivity index (χ3v) is 6.13. The van der Waals surface area contributed by atoms with Crippen LogP contribution in [0.3, 0.4) is 0 Å². The molecule has 3 aromatic heterocycles. The summed E-state index contributed by atoms with van der Waals surface area (Å²) in [4.78, 5) is 13.7. The molecule has 0 amide bonds. The van der Waals surface area contributed by atoms with Crippen molar-refractivity contribution in [2.75, 3.05) is 5.73 Å². The van der Waals surface area contributed by atoms with E-state index in [-0.39, 0.29) is 11.4 Å². The van der Waals surface area contributed by atoms with Crippen molar-refractivity contribution in [3.05, 3.63) is 71.2 Å². The number of aromatic nitrogens is 6. The molecule has 7 heteroatoms. The van der Waals surface area contributed by atoms with Crippen LogP contribution in [0.1, 0.15) is 49.7 Å². The largest absolute Gasteiger partial charge is 0.368 e. The zero-order chi connectivity index (χ0) is 22.9. The van der Waals surface area contributed by atoms with E-state index in [9.17, 15) is 0 Å². The fraction of sp³-hybridized carbons (Fsp3) is 0.320. The van der Waals surface area contributed by atoms with E-state index in [4.69, 9.17) is 10.7 Å². The van der Waals surface area contributed by atoms with Gasteiger partial charge in [0.05, 0.1) is 29.8 Å². The van der Waals surface area contributed by atoms with Gasteiger partial charge < -0.3 is 5.73 Å². The van der Waals surface area contributed by atoms with Crippen molar-refractivity contribution in [3.8, 4) is 22.6 Å². The Balaban J connectivity index is 1.63. The maximum Gasteiger partial charge on any atom is 0.221 e. The molecule has 0 aliphatic rings. The van der Waals surface area contributed by atoms with Gasteiger partial charge in [-0.3, -0.25) is 4.98 Å². The van der Waals surface area contributed by atoms with Crippen LogP contribution >= 0.6 is 0 Å². The Morgan fingerprint density at radius 2 is 1.69 bits per heavy atom. The second-order valence-corrected chi connectivity index (χ2v) is 8.80. The van der Waals surface area contributed by atoms with E-state index >= 15 is 0 Å². The molecular weight excluding hydrogens is 398 g/mol. The van der Waals surface area contributed by atoms with E-state index in [1.165, 1.54) is 11.1 Å². The average Bonchev–Trinajstić information content (AvgIpc) is 3.24. The van der Waals surface area contributed by atoms with E-state index in [1.807, 2.05) is 30.5 Å². The second-order valence-electron chi connectivity index (χ2n) is 8.80. The van der Waals surface area contributed by atoms with Crippen molar-refractivity contribution >= 4 is 5.95 Å². The van der Waals surface area contributed by atoms with Gasteiger partial charge in [0.25, 0.3) is 0 Å². The number of benzene rings is 1. The fourth-order valence-corrected chi connectivity index (χ4v) is 3.55. The van der Waals surface area contributed by atoms with Crippen LogP contribution in [-0.2, 0) is 12.0 Å². The van der Waals surface area contributed by atoms with Crippen LogP contribution in [0, 0.1) is 13.8 Å². The van der Waals surface area contributed by atoms with Crippen molar-refractivity contribution in [1.29, 1.82) is 0 Å². The molecule has 164 valence electrons. The molecule has 0 radical (unpaired) electrons.